The lowest BCUT2D eigenvalue weighted by Crippen LogP contribution is -2.03. The minimum Gasteiger partial charge on any atom is -0.199 e. The molecule has 0 bridgehead atoms. The van der Waals surface area contributed by atoms with Crippen LogP contribution in [0, 0.1) is 6.92 Å². The van der Waals surface area contributed by atoms with Crippen LogP contribution >= 0.6 is 0 Å². The number of fused-ring (bicyclic) bond motifs is 1. The smallest absolute Gasteiger partial charge is 0.199 e. The van der Waals surface area contributed by atoms with E-state index in [0.29, 0.717) is 5.71 Å². The Morgan fingerprint density at radius 2 is 1.60 bits per heavy atom. The lowest BCUT2D eigenvalue weighted by molar-refractivity contribution is 0.598. The Hall–Kier alpha value is -2.20. The first-order chi connectivity index (χ1) is 9.56. The molecule has 0 atom stereocenters. The standard InChI is InChI=1S/C16H13NO2S/c1-12-6-9-14(10-7-12)20(18,19)17-16-11-8-13-4-2-3-5-15(13)16/h2-11H,1H3/b17-16-. The van der Waals surface area contributed by atoms with Gasteiger partial charge in [-0.2, -0.15) is 12.8 Å². The van der Waals surface area contributed by atoms with Crippen molar-refractivity contribution in [3.8, 4) is 0 Å². The number of nitrogens with zero attached hydrogens (tertiary/aromatic N) is 1. The van der Waals surface area contributed by atoms with Gasteiger partial charge in [0.25, 0.3) is 10.0 Å². The van der Waals surface area contributed by atoms with Crippen molar-refractivity contribution >= 4 is 21.8 Å². The number of rotatable bonds is 2. The number of allylic oxidation sites excluding steroid dienone is 1. The predicted molar refractivity (Wildman–Crippen MR) is 80.4 cm³/mol. The van der Waals surface area contributed by atoms with E-state index in [1.165, 1.54) is 0 Å². The highest BCUT2D eigenvalue weighted by molar-refractivity contribution is 7.90. The molecule has 0 spiro atoms. The van der Waals surface area contributed by atoms with Gasteiger partial charge in [-0.1, -0.05) is 48.0 Å². The molecule has 0 amide bonds. The molecule has 2 aromatic rings. The molecule has 20 heavy (non-hydrogen) atoms. The van der Waals surface area contributed by atoms with Gasteiger partial charge in [0.15, 0.2) is 0 Å². The summed E-state index contributed by atoms with van der Waals surface area (Å²) in [7, 11) is -3.67. The fraction of sp³-hybridized carbons (Fsp3) is 0.0625. The highest BCUT2D eigenvalue weighted by Crippen LogP contribution is 2.22. The van der Waals surface area contributed by atoms with Crippen molar-refractivity contribution in [2.45, 2.75) is 11.8 Å². The fourth-order valence-corrected chi connectivity index (χ4v) is 3.11. The Bertz CT molecular complexity index is 816. The summed E-state index contributed by atoms with van der Waals surface area (Å²) in [4.78, 5) is 0.216. The maximum atomic E-state index is 12.3. The molecule has 0 N–H and O–H groups in total. The molecule has 1 aliphatic carbocycles. The third-order valence-electron chi connectivity index (χ3n) is 3.19. The maximum Gasteiger partial charge on any atom is 0.282 e. The highest BCUT2D eigenvalue weighted by Gasteiger charge is 2.17. The molecule has 100 valence electrons. The van der Waals surface area contributed by atoms with E-state index in [-0.39, 0.29) is 4.90 Å². The van der Waals surface area contributed by atoms with Crippen LogP contribution in [0.5, 0.6) is 0 Å². The summed E-state index contributed by atoms with van der Waals surface area (Å²) in [5.74, 6) is 0. The normalized spacial score (nSPS) is 15.6. The van der Waals surface area contributed by atoms with Crippen LogP contribution in [0.1, 0.15) is 16.7 Å². The van der Waals surface area contributed by atoms with Crippen molar-refractivity contribution in [1.29, 1.82) is 0 Å². The maximum absolute atomic E-state index is 12.3. The van der Waals surface area contributed by atoms with Gasteiger partial charge in [-0.3, -0.25) is 0 Å². The van der Waals surface area contributed by atoms with Crippen LogP contribution in [0.2, 0.25) is 0 Å². The van der Waals surface area contributed by atoms with Crippen LogP contribution in [0.25, 0.3) is 6.08 Å². The molecule has 0 unspecified atom stereocenters. The lowest BCUT2D eigenvalue weighted by atomic mass is 10.1. The number of hydrogen-bond acceptors (Lipinski definition) is 2. The van der Waals surface area contributed by atoms with Gasteiger partial charge < -0.3 is 0 Å². The first-order valence-corrected chi connectivity index (χ1v) is 7.69. The van der Waals surface area contributed by atoms with Crippen molar-refractivity contribution in [2.24, 2.45) is 4.40 Å². The van der Waals surface area contributed by atoms with Gasteiger partial charge in [0.05, 0.1) is 10.6 Å². The van der Waals surface area contributed by atoms with Crippen molar-refractivity contribution in [3.63, 3.8) is 0 Å². The van der Waals surface area contributed by atoms with Gasteiger partial charge in [0.1, 0.15) is 0 Å². The molecule has 0 aromatic heterocycles. The lowest BCUT2D eigenvalue weighted by Gasteiger charge is -2.02. The molecule has 4 heteroatoms. The van der Waals surface area contributed by atoms with Crippen LogP contribution in [0.3, 0.4) is 0 Å². The molecule has 3 rings (SSSR count). The zero-order chi connectivity index (χ0) is 14.2. The SMILES string of the molecule is Cc1ccc(S(=O)(=O)/N=C2/C=Cc3ccccc32)cc1. The molecular formula is C16H13NO2S. The molecular weight excluding hydrogens is 270 g/mol. The number of aryl methyl sites for hydroxylation is 1. The van der Waals surface area contributed by atoms with E-state index in [1.54, 1.807) is 30.3 Å². The largest absolute Gasteiger partial charge is 0.282 e. The highest BCUT2D eigenvalue weighted by atomic mass is 32.2. The summed E-state index contributed by atoms with van der Waals surface area (Å²) in [6.45, 7) is 1.91. The quantitative estimate of drug-likeness (QED) is 0.849. The second-order valence-corrected chi connectivity index (χ2v) is 6.29. The van der Waals surface area contributed by atoms with Gasteiger partial charge in [-0.25, -0.2) is 0 Å². The third kappa shape index (κ3) is 2.30. The van der Waals surface area contributed by atoms with Crippen molar-refractivity contribution in [1.82, 2.24) is 0 Å². The molecule has 0 saturated heterocycles. The fourth-order valence-electron chi connectivity index (χ4n) is 2.11. The van der Waals surface area contributed by atoms with Gasteiger partial charge >= 0.3 is 0 Å². The average molecular weight is 283 g/mol. The minimum atomic E-state index is -3.67. The van der Waals surface area contributed by atoms with E-state index in [1.807, 2.05) is 37.3 Å². The van der Waals surface area contributed by atoms with Crippen molar-refractivity contribution in [3.05, 3.63) is 71.3 Å². The Balaban J connectivity index is 2.05. The van der Waals surface area contributed by atoms with Crippen LogP contribution in [0.4, 0.5) is 0 Å². The van der Waals surface area contributed by atoms with Crippen LogP contribution in [0.15, 0.2) is 63.9 Å². The summed E-state index contributed by atoms with van der Waals surface area (Å²) in [5.41, 5.74) is 3.34. The minimum absolute atomic E-state index is 0.216. The second kappa shape index (κ2) is 4.72. The number of benzene rings is 2. The van der Waals surface area contributed by atoms with E-state index in [2.05, 4.69) is 4.40 Å². The molecule has 0 aliphatic heterocycles. The van der Waals surface area contributed by atoms with Gasteiger partial charge in [-0.15, -0.1) is 0 Å². The Labute approximate surface area is 118 Å². The molecule has 0 saturated carbocycles. The first kappa shape index (κ1) is 12.8. The molecule has 2 aromatic carbocycles. The van der Waals surface area contributed by atoms with Crippen LogP contribution < -0.4 is 0 Å². The van der Waals surface area contributed by atoms with E-state index >= 15 is 0 Å². The molecule has 3 nitrogen and oxygen atoms in total. The first-order valence-electron chi connectivity index (χ1n) is 6.25. The number of hydrogen-bond donors (Lipinski definition) is 0. The Kier molecular flexibility index (Phi) is 3.03. The summed E-state index contributed by atoms with van der Waals surface area (Å²) in [6.07, 6.45) is 3.61. The molecule has 0 radical (unpaired) electrons. The zero-order valence-corrected chi connectivity index (χ0v) is 11.8. The average Bonchev–Trinajstić information content (AvgIpc) is 2.82. The van der Waals surface area contributed by atoms with Gasteiger partial charge in [-0.05, 0) is 30.7 Å². The summed E-state index contributed by atoms with van der Waals surface area (Å²) in [5, 5.41) is 0. The van der Waals surface area contributed by atoms with Gasteiger partial charge in [0.2, 0.25) is 0 Å². The molecule has 0 fully saturated rings. The monoisotopic (exact) mass is 283 g/mol. The third-order valence-corrected chi connectivity index (χ3v) is 4.50. The van der Waals surface area contributed by atoms with Gasteiger partial charge in [0, 0.05) is 5.56 Å². The predicted octanol–water partition coefficient (Wildman–Crippen LogP) is 3.20. The van der Waals surface area contributed by atoms with Crippen molar-refractivity contribution in [2.75, 3.05) is 0 Å². The molecule has 1 aliphatic rings. The Morgan fingerprint density at radius 1 is 0.900 bits per heavy atom. The van der Waals surface area contributed by atoms with E-state index in [0.717, 1.165) is 16.7 Å². The molecule has 0 heterocycles. The van der Waals surface area contributed by atoms with Crippen LogP contribution in [-0.2, 0) is 10.0 Å². The van der Waals surface area contributed by atoms with Crippen molar-refractivity contribution < 1.29 is 8.42 Å². The Morgan fingerprint density at radius 3 is 2.35 bits per heavy atom. The van der Waals surface area contributed by atoms with Crippen LogP contribution in [-0.4, -0.2) is 14.1 Å². The topological polar surface area (TPSA) is 46.5 Å². The van der Waals surface area contributed by atoms with E-state index in [9.17, 15) is 8.42 Å². The summed E-state index contributed by atoms with van der Waals surface area (Å²) >= 11 is 0. The second-order valence-electron chi connectivity index (χ2n) is 4.69. The zero-order valence-electron chi connectivity index (χ0n) is 10.9. The summed E-state index contributed by atoms with van der Waals surface area (Å²) < 4.78 is 28.5. The number of sulfonamides is 1. The summed E-state index contributed by atoms with van der Waals surface area (Å²) in [6, 6.07) is 14.3. The van der Waals surface area contributed by atoms with E-state index in [4.69, 9.17) is 0 Å². The van der Waals surface area contributed by atoms with E-state index < -0.39 is 10.0 Å².